The van der Waals surface area contributed by atoms with Gasteiger partial charge in [-0.05, 0) is 67.9 Å². The van der Waals surface area contributed by atoms with Crippen LogP contribution in [0.3, 0.4) is 0 Å². The summed E-state index contributed by atoms with van der Waals surface area (Å²) in [6.45, 7) is 9.59. The Kier molecular flexibility index (Phi) is 15.0. The minimum atomic E-state index is -2.65. The Bertz CT molecular complexity index is 1370. The second-order valence-electron chi connectivity index (χ2n) is 11.3. The second kappa shape index (κ2) is 18.6. The molecule has 3 atom stereocenters. The molecule has 1 heterocycles. The van der Waals surface area contributed by atoms with Crippen molar-refractivity contribution in [2.45, 2.75) is 95.6 Å². The van der Waals surface area contributed by atoms with Gasteiger partial charge >= 0.3 is 0 Å². The third kappa shape index (κ3) is 11.1. The van der Waals surface area contributed by atoms with Crippen molar-refractivity contribution >= 4 is 30.0 Å². The number of methoxy groups -OCH3 is 2. The SMILES string of the molecule is C=NNC(C#CC1CC1)SCNC(=O)c1ccc(C#CC(CCC)(CCC2CC2)OC)cc1C1=CC(C(F)F)NC=C1OC.CC. The smallest absolute Gasteiger partial charge is 0.261 e. The van der Waals surface area contributed by atoms with E-state index in [2.05, 4.69) is 58.5 Å². The third-order valence-corrected chi connectivity index (χ3v) is 8.75. The van der Waals surface area contributed by atoms with E-state index in [1.165, 1.54) is 44.0 Å². The molecule has 0 aromatic heterocycles. The molecular formula is C36H48F2N4O3S. The van der Waals surface area contributed by atoms with Gasteiger partial charge in [-0.15, -0.1) is 11.8 Å². The lowest BCUT2D eigenvalue weighted by molar-refractivity contribution is 0.0230. The van der Waals surface area contributed by atoms with E-state index >= 15 is 0 Å². The van der Waals surface area contributed by atoms with Crippen molar-refractivity contribution in [1.29, 1.82) is 0 Å². The number of allylic oxidation sites excluding steroid dienone is 1. The Hall–Kier alpha value is -3.47. The molecular weight excluding hydrogens is 606 g/mol. The number of benzene rings is 1. The van der Waals surface area contributed by atoms with Crippen LogP contribution in [0, 0.1) is 35.5 Å². The molecule has 0 spiro atoms. The maximum atomic E-state index is 13.8. The van der Waals surface area contributed by atoms with Crippen LogP contribution in [0.15, 0.2) is 41.3 Å². The fraction of sp³-hybridized carbons (Fsp3) is 0.556. The highest BCUT2D eigenvalue weighted by Crippen LogP contribution is 2.37. The molecule has 0 saturated heterocycles. The highest BCUT2D eigenvalue weighted by Gasteiger charge is 2.31. The maximum Gasteiger partial charge on any atom is 0.261 e. The van der Waals surface area contributed by atoms with E-state index in [1.807, 2.05) is 13.8 Å². The highest BCUT2D eigenvalue weighted by atomic mass is 32.2. The summed E-state index contributed by atoms with van der Waals surface area (Å²) in [6.07, 6.45) is 8.56. The van der Waals surface area contributed by atoms with E-state index in [-0.39, 0.29) is 17.2 Å². The lowest BCUT2D eigenvalue weighted by atomic mass is 9.90. The number of alkyl halides is 2. The predicted octanol–water partition coefficient (Wildman–Crippen LogP) is 6.91. The van der Waals surface area contributed by atoms with Gasteiger partial charge in [-0.3, -0.25) is 10.2 Å². The number of halogens is 2. The summed E-state index contributed by atoms with van der Waals surface area (Å²) in [7, 11) is 3.17. The number of carbonyl (C=O) groups is 1. The van der Waals surface area contributed by atoms with Gasteiger partial charge in [-0.25, -0.2) is 8.78 Å². The number of thioether (sulfide) groups is 1. The minimum Gasteiger partial charge on any atom is -0.495 e. The minimum absolute atomic E-state index is 0.244. The number of nitrogens with one attached hydrogen (secondary N) is 3. The molecule has 4 rings (SSSR count). The van der Waals surface area contributed by atoms with Crippen molar-refractivity contribution < 1.29 is 23.0 Å². The average molecular weight is 655 g/mol. The summed E-state index contributed by atoms with van der Waals surface area (Å²) in [5.41, 5.74) is 4.09. The van der Waals surface area contributed by atoms with Crippen LogP contribution in [0.1, 0.15) is 93.6 Å². The van der Waals surface area contributed by atoms with Crippen LogP contribution in [0.5, 0.6) is 0 Å². The average Bonchev–Trinajstić information content (AvgIpc) is 4.01. The monoisotopic (exact) mass is 654 g/mol. The normalized spacial score (nSPS) is 18.7. The van der Waals surface area contributed by atoms with Crippen LogP contribution in [-0.2, 0) is 9.47 Å². The quantitative estimate of drug-likeness (QED) is 0.0825. The summed E-state index contributed by atoms with van der Waals surface area (Å²) in [5, 5.41) is 9.00. The molecule has 1 aromatic rings. The molecule has 10 heteroatoms. The van der Waals surface area contributed by atoms with Crippen molar-refractivity contribution in [3.63, 3.8) is 0 Å². The molecule has 0 radical (unpaired) electrons. The maximum absolute atomic E-state index is 13.8. The zero-order chi connectivity index (χ0) is 33.5. The van der Waals surface area contributed by atoms with Crippen molar-refractivity contribution in [1.82, 2.24) is 16.1 Å². The van der Waals surface area contributed by atoms with E-state index in [0.717, 1.165) is 44.4 Å². The predicted molar refractivity (Wildman–Crippen MR) is 184 cm³/mol. The van der Waals surface area contributed by atoms with E-state index < -0.39 is 18.1 Å². The number of rotatable bonds is 15. The first kappa shape index (κ1) is 37.0. The Balaban J connectivity index is 0.00000282. The Morgan fingerprint density at radius 3 is 2.59 bits per heavy atom. The molecule has 3 aliphatic rings. The van der Waals surface area contributed by atoms with Crippen molar-refractivity contribution in [3.8, 4) is 23.7 Å². The second-order valence-corrected chi connectivity index (χ2v) is 12.4. The molecule has 3 unspecified atom stereocenters. The number of carbonyl (C=O) groups excluding carboxylic acids is 1. The van der Waals surface area contributed by atoms with Gasteiger partial charge in [0.25, 0.3) is 12.3 Å². The van der Waals surface area contributed by atoms with Gasteiger partial charge in [0, 0.05) is 42.6 Å². The Morgan fingerprint density at radius 1 is 1.22 bits per heavy atom. The topological polar surface area (TPSA) is 84.0 Å². The molecule has 1 amide bonds. The van der Waals surface area contributed by atoms with Gasteiger partial charge in [0.05, 0.1) is 13.0 Å². The molecule has 250 valence electrons. The Labute approximate surface area is 277 Å². The van der Waals surface area contributed by atoms with Crippen LogP contribution in [0.2, 0.25) is 0 Å². The van der Waals surface area contributed by atoms with E-state index in [1.54, 1.807) is 25.3 Å². The van der Waals surface area contributed by atoms with Gasteiger partial charge < -0.3 is 20.1 Å². The molecule has 0 bridgehead atoms. The van der Waals surface area contributed by atoms with Crippen LogP contribution in [0.25, 0.3) is 5.57 Å². The van der Waals surface area contributed by atoms with Gasteiger partial charge in [-0.2, -0.15) is 5.10 Å². The summed E-state index contributed by atoms with van der Waals surface area (Å²) in [5.74, 6) is 14.4. The summed E-state index contributed by atoms with van der Waals surface area (Å²) < 4.78 is 39.1. The molecule has 2 saturated carbocycles. The molecule has 46 heavy (non-hydrogen) atoms. The first-order chi connectivity index (χ1) is 22.3. The third-order valence-electron chi connectivity index (χ3n) is 7.88. The standard InChI is InChI=1S/C34H42F2N4O3S.C2H6/c1-5-16-34(43-4,17-14-24-8-9-24)18-15-25-10-12-26(27(19-25)28-20-29(32(35)36)38-21-30(28)42-3)33(41)39-22-44-31(40-37-2)13-11-23-6-7-23;1-2/h10,12,19-21,23-24,29,31-32,38,40H,2,5-9,14,16-17,22H2,1,3-4H3,(H,39,41);1-2H3. The lowest BCUT2D eigenvalue weighted by Gasteiger charge is -2.27. The zero-order valence-electron chi connectivity index (χ0n) is 27.7. The lowest BCUT2D eigenvalue weighted by Crippen LogP contribution is -2.33. The largest absolute Gasteiger partial charge is 0.495 e. The number of hydrogen-bond donors (Lipinski definition) is 3. The molecule has 2 aliphatic carbocycles. The van der Waals surface area contributed by atoms with Gasteiger partial charge in [0.1, 0.15) is 17.4 Å². The van der Waals surface area contributed by atoms with Crippen molar-refractivity contribution in [2.75, 3.05) is 20.1 Å². The van der Waals surface area contributed by atoms with E-state index in [0.29, 0.717) is 33.9 Å². The van der Waals surface area contributed by atoms with E-state index in [4.69, 9.17) is 9.47 Å². The summed E-state index contributed by atoms with van der Waals surface area (Å²) >= 11 is 1.38. The first-order valence-corrected chi connectivity index (χ1v) is 17.2. The fourth-order valence-electron chi connectivity index (χ4n) is 4.98. The zero-order valence-corrected chi connectivity index (χ0v) is 28.5. The van der Waals surface area contributed by atoms with Crippen LogP contribution in [-0.4, -0.2) is 56.2 Å². The van der Waals surface area contributed by atoms with Crippen LogP contribution < -0.4 is 16.1 Å². The molecule has 2 fully saturated rings. The van der Waals surface area contributed by atoms with Crippen LogP contribution in [0.4, 0.5) is 8.78 Å². The highest BCUT2D eigenvalue weighted by molar-refractivity contribution is 8.00. The van der Waals surface area contributed by atoms with Gasteiger partial charge in [0.2, 0.25) is 0 Å². The van der Waals surface area contributed by atoms with Crippen molar-refractivity contribution in [2.24, 2.45) is 16.9 Å². The molecule has 1 aliphatic heterocycles. The number of dihydropyridines is 1. The molecule has 3 N–H and O–H groups in total. The number of hydrogen-bond acceptors (Lipinski definition) is 7. The number of nitrogens with zero attached hydrogens (tertiary/aromatic N) is 1. The van der Waals surface area contributed by atoms with Crippen molar-refractivity contribution in [3.05, 3.63) is 52.9 Å². The fourth-order valence-corrected chi connectivity index (χ4v) is 5.66. The van der Waals surface area contributed by atoms with Crippen LogP contribution >= 0.6 is 11.8 Å². The summed E-state index contributed by atoms with van der Waals surface area (Å²) in [6, 6.07) is 3.99. The number of hydrazone groups is 1. The van der Waals surface area contributed by atoms with E-state index in [9.17, 15) is 13.6 Å². The molecule has 7 nitrogen and oxygen atoms in total. The number of ether oxygens (including phenoxy) is 2. The first-order valence-electron chi connectivity index (χ1n) is 16.2. The molecule has 1 aromatic carbocycles. The Morgan fingerprint density at radius 2 is 1.98 bits per heavy atom. The van der Waals surface area contributed by atoms with Gasteiger partial charge in [-0.1, -0.05) is 63.7 Å². The number of amides is 1. The van der Waals surface area contributed by atoms with Gasteiger partial charge in [0.15, 0.2) is 5.37 Å². The summed E-state index contributed by atoms with van der Waals surface area (Å²) in [4.78, 5) is 13.5.